The van der Waals surface area contributed by atoms with Crippen molar-refractivity contribution in [3.8, 4) is 0 Å². The molecule has 0 unspecified atom stereocenters. The van der Waals surface area contributed by atoms with E-state index in [1.54, 1.807) is 6.08 Å². The number of furan rings is 1. The van der Waals surface area contributed by atoms with Crippen LogP contribution in [0.15, 0.2) is 39.2 Å². The first kappa shape index (κ1) is 12.9. The maximum Gasteiger partial charge on any atom is 0.244 e. The highest BCUT2D eigenvalue weighted by Crippen LogP contribution is 2.23. The Morgan fingerprint density at radius 1 is 1.44 bits per heavy atom. The molecule has 0 aliphatic heterocycles. The van der Waals surface area contributed by atoms with Crippen LogP contribution in [0.5, 0.6) is 0 Å². The number of hydrogen-bond donors (Lipinski definition) is 1. The molecule has 1 amide bonds. The van der Waals surface area contributed by atoms with E-state index in [1.807, 2.05) is 31.2 Å². The van der Waals surface area contributed by atoms with E-state index in [-0.39, 0.29) is 5.91 Å². The fourth-order valence-corrected chi connectivity index (χ4v) is 1.96. The first-order valence-corrected chi connectivity index (χ1v) is 6.63. The van der Waals surface area contributed by atoms with Crippen molar-refractivity contribution in [1.29, 1.82) is 0 Å². The second-order valence-corrected chi connectivity index (χ2v) is 4.87. The SMILES string of the molecule is CCCNC(=O)C=Cc1cc2cc(Br)ccc2o1. The van der Waals surface area contributed by atoms with E-state index in [9.17, 15) is 4.79 Å². The normalized spacial score (nSPS) is 11.2. The molecule has 1 aromatic heterocycles. The molecule has 3 nitrogen and oxygen atoms in total. The fraction of sp³-hybridized carbons (Fsp3) is 0.214. The third kappa shape index (κ3) is 3.23. The molecule has 2 aromatic rings. The average Bonchev–Trinajstić information content (AvgIpc) is 2.75. The Morgan fingerprint density at radius 2 is 2.28 bits per heavy atom. The summed E-state index contributed by atoms with van der Waals surface area (Å²) in [6, 6.07) is 7.71. The second-order valence-electron chi connectivity index (χ2n) is 3.96. The molecule has 0 aliphatic rings. The molecular weight excluding hydrogens is 294 g/mol. The van der Waals surface area contributed by atoms with Gasteiger partial charge in [-0.15, -0.1) is 0 Å². The maximum atomic E-state index is 11.4. The molecule has 0 saturated heterocycles. The third-order valence-corrected chi connectivity index (χ3v) is 2.94. The van der Waals surface area contributed by atoms with Gasteiger partial charge in [-0.2, -0.15) is 0 Å². The quantitative estimate of drug-likeness (QED) is 0.874. The van der Waals surface area contributed by atoms with Crippen LogP contribution in [-0.2, 0) is 4.79 Å². The Bertz CT molecular complexity index is 586. The van der Waals surface area contributed by atoms with Gasteiger partial charge in [-0.3, -0.25) is 4.79 Å². The first-order chi connectivity index (χ1) is 8.69. The summed E-state index contributed by atoms with van der Waals surface area (Å²) in [6.45, 7) is 2.71. The van der Waals surface area contributed by atoms with Crippen molar-refractivity contribution in [3.63, 3.8) is 0 Å². The summed E-state index contributed by atoms with van der Waals surface area (Å²) >= 11 is 3.41. The third-order valence-electron chi connectivity index (χ3n) is 2.45. The number of carbonyl (C=O) groups excluding carboxylic acids is 1. The Hall–Kier alpha value is -1.55. The van der Waals surface area contributed by atoms with Crippen molar-refractivity contribution in [3.05, 3.63) is 40.6 Å². The van der Waals surface area contributed by atoms with Gasteiger partial charge in [-0.05, 0) is 36.8 Å². The molecule has 0 bridgehead atoms. The standard InChI is InChI=1S/C14H14BrNO2/c1-2-7-16-14(17)6-4-12-9-10-8-11(15)3-5-13(10)18-12/h3-6,8-9H,2,7H2,1H3,(H,16,17). The zero-order chi connectivity index (χ0) is 13.0. The number of benzene rings is 1. The lowest BCUT2D eigenvalue weighted by Gasteiger charge is -1.96. The lowest BCUT2D eigenvalue weighted by Crippen LogP contribution is -2.21. The number of fused-ring (bicyclic) bond motifs is 1. The number of nitrogens with one attached hydrogen (secondary N) is 1. The van der Waals surface area contributed by atoms with E-state index in [0.29, 0.717) is 12.3 Å². The van der Waals surface area contributed by atoms with E-state index in [2.05, 4.69) is 21.2 Å². The second kappa shape index (κ2) is 5.87. The van der Waals surface area contributed by atoms with Crippen LogP contribution in [0.3, 0.4) is 0 Å². The predicted molar refractivity (Wildman–Crippen MR) is 76.2 cm³/mol. The monoisotopic (exact) mass is 307 g/mol. The molecule has 0 aliphatic carbocycles. The smallest absolute Gasteiger partial charge is 0.244 e. The summed E-state index contributed by atoms with van der Waals surface area (Å²) in [6.07, 6.45) is 4.10. The number of amides is 1. The molecular formula is C14H14BrNO2. The summed E-state index contributed by atoms with van der Waals surface area (Å²) in [5.41, 5.74) is 0.812. The highest BCUT2D eigenvalue weighted by atomic mass is 79.9. The van der Waals surface area contributed by atoms with Gasteiger partial charge in [0.15, 0.2) is 0 Å². The molecule has 1 heterocycles. The number of rotatable bonds is 4. The molecule has 0 radical (unpaired) electrons. The fourth-order valence-electron chi connectivity index (χ4n) is 1.58. The minimum atomic E-state index is -0.0986. The minimum absolute atomic E-state index is 0.0986. The molecule has 1 N–H and O–H groups in total. The molecule has 1 aromatic carbocycles. The van der Waals surface area contributed by atoms with Gasteiger partial charge in [0.2, 0.25) is 5.91 Å². The van der Waals surface area contributed by atoms with Gasteiger partial charge < -0.3 is 9.73 Å². The topological polar surface area (TPSA) is 42.2 Å². The summed E-state index contributed by atoms with van der Waals surface area (Å²) < 4.78 is 6.60. The summed E-state index contributed by atoms with van der Waals surface area (Å²) in [4.78, 5) is 11.4. The summed E-state index contributed by atoms with van der Waals surface area (Å²) in [5.74, 6) is 0.577. The van der Waals surface area contributed by atoms with Gasteiger partial charge in [0, 0.05) is 22.5 Å². The van der Waals surface area contributed by atoms with Crippen molar-refractivity contribution in [2.75, 3.05) is 6.54 Å². The van der Waals surface area contributed by atoms with Crippen LogP contribution < -0.4 is 5.32 Å². The van der Waals surface area contributed by atoms with Crippen LogP contribution in [0.2, 0.25) is 0 Å². The largest absolute Gasteiger partial charge is 0.457 e. The van der Waals surface area contributed by atoms with Crippen molar-refractivity contribution >= 4 is 38.9 Å². The molecule has 4 heteroatoms. The summed E-state index contributed by atoms with van der Waals surface area (Å²) in [5, 5.41) is 3.78. The van der Waals surface area contributed by atoms with Crippen molar-refractivity contribution in [2.24, 2.45) is 0 Å². The van der Waals surface area contributed by atoms with Crippen molar-refractivity contribution < 1.29 is 9.21 Å². The minimum Gasteiger partial charge on any atom is -0.457 e. The molecule has 0 fully saturated rings. The van der Waals surface area contributed by atoms with Crippen LogP contribution in [0.25, 0.3) is 17.0 Å². The average molecular weight is 308 g/mol. The summed E-state index contributed by atoms with van der Waals surface area (Å²) in [7, 11) is 0. The van der Waals surface area contributed by atoms with Crippen molar-refractivity contribution in [2.45, 2.75) is 13.3 Å². The number of hydrogen-bond acceptors (Lipinski definition) is 2. The van der Waals surface area contributed by atoms with Gasteiger partial charge in [0.25, 0.3) is 0 Å². The zero-order valence-corrected chi connectivity index (χ0v) is 11.7. The first-order valence-electron chi connectivity index (χ1n) is 5.84. The van der Waals surface area contributed by atoms with E-state index in [1.165, 1.54) is 6.08 Å². The molecule has 0 spiro atoms. The molecule has 0 saturated carbocycles. The number of carbonyl (C=O) groups is 1. The van der Waals surface area contributed by atoms with Gasteiger partial charge >= 0.3 is 0 Å². The van der Waals surface area contributed by atoms with E-state index >= 15 is 0 Å². The van der Waals surface area contributed by atoms with Crippen LogP contribution in [0, 0.1) is 0 Å². The van der Waals surface area contributed by atoms with Crippen LogP contribution in [-0.4, -0.2) is 12.5 Å². The Balaban J connectivity index is 2.12. The van der Waals surface area contributed by atoms with Gasteiger partial charge in [-0.1, -0.05) is 22.9 Å². The maximum absolute atomic E-state index is 11.4. The lowest BCUT2D eigenvalue weighted by atomic mass is 10.2. The predicted octanol–water partition coefficient (Wildman–Crippen LogP) is 3.73. The number of halogens is 1. The van der Waals surface area contributed by atoms with Gasteiger partial charge in [0.05, 0.1) is 0 Å². The highest BCUT2D eigenvalue weighted by Gasteiger charge is 2.02. The molecule has 94 valence electrons. The Morgan fingerprint density at radius 3 is 3.06 bits per heavy atom. The van der Waals surface area contributed by atoms with E-state index < -0.39 is 0 Å². The van der Waals surface area contributed by atoms with Gasteiger partial charge in [-0.25, -0.2) is 0 Å². The highest BCUT2D eigenvalue weighted by molar-refractivity contribution is 9.10. The zero-order valence-electron chi connectivity index (χ0n) is 10.1. The molecule has 18 heavy (non-hydrogen) atoms. The van der Waals surface area contributed by atoms with Crippen molar-refractivity contribution in [1.82, 2.24) is 5.32 Å². The van der Waals surface area contributed by atoms with Gasteiger partial charge in [0.1, 0.15) is 11.3 Å². The van der Waals surface area contributed by atoms with Crippen LogP contribution >= 0.6 is 15.9 Å². The Kier molecular flexibility index (Phi) is 4.20. The van der Waals surface area contributed by atoms with Crippen LogP contribution in [0.1, 0.15) is 19.1 Å². The molecule has 0 atom stereocenters. The van der Waals surface area contributed by atoms with E-state index in [0.717, 1.165) is 21.9 Å². The lowest BCUT2D eigenvalue weighted by molar-refractivity contribution is -0.116. The molecule has 2 rings (SSSR count). The van der Waals surface area contributed by atoms with E-state index in [4.69, 9.17) is 4.42 Å². The van der Waals surface area contributed by atoms with Crippen LogP contribution in [0.4, 0.5) is 0 Å². The Labute approximate surface area is 114 Å².